The molecule has 2 aromatic carbocycles. The number of benzene rings is 2. The summed E-state index contributed by atoms with van der Waals surface area (Å²) >= 11 is 1.69. The van der Waals surface area contributed by atoms with E-state index in [1.54, 1.807) is 11.8 Å². The van der Waals surface area contributed by atoms with E-state index < -0.39 is 0 Å². The van der Waals surface area contributed by atoms with Crippen LogP contribution in [0.25, 0.3) is 17.1 Å². The largest absolute Gasteiger partial charge is 0.357 e. The Kier molecular flexibility index (Phi) is 4.79. The molecule has 0 saturated heterocycles. The van der Waals surface area contributed by atoms with Crippen molar-refractivity contribution in [3.8, 4) is 17.1 Å². The molecule has 23 heavy (non-hydrogen) atoms. The van der Waals surface area contributed by atoms with E-state index in [2.05, 4.69) is 82.9 Å². The van der Waals surface area contributed by atoms with Crippen molar-refractivity contribution in [1.82, 2.24) is 14.8 Å². The predicted octanol–water partition coefficient (Wildman–Crippen LogP) is 2.89. The average molecular weight is 325 g/mol. The Hall–Kier alpha value is -2.11. The first kappa shape index (κ1) is 15.8. The summed E-state index contributed by atoms with van der Waals surface area (Å²) < 4.78 is 2.13. The summed E-state index contributed by atoms with van der Waals surface area (Å²) in [4.78, 5) is 0. The Morgan fingerprint density at radius 1 is 1.00 bits per heavy atom. The van der Waals surface area contributed by atoms with Gasteiger partial charge in [0.25, 0.3) is 0 Å². The fourth-order valence-corrected chi connectivity index (χ4v) is 3.17. The van der Waals surface area contributed by atoms with Crippen molar-refractivity contribution in [2.45, 2.75) is 19.0 Å². The number of nitrogens with zero attached hydrogens (tertiary/aromatic N) is 3. The highest BCUT2D eigenvalue weighted by Gasteiger charge is 2.16. The molecule has 3 aromatic rings. The van der Waals surface area contributed by atoms with E-state index >= 15 is 0 Å². The van der Waals surface area contributed by atoms with Crippen LogP contribution < -0.4 is 5.73 Å². The van der Waals surface area contributed by atoms with Gasteiger partial charge in [0, 0.05) is 11.3 Å². The fourth-order valence-electron chi connectivity index (χ4n) is 2.42. The van der Waals surface area contributed by atoms with Crippen molar-refractivity contribution >= 4 is 11.8 Å². The molecule has 3 N–H and O–H groups in total. The highest BCUT2D eigenvalue weighted by atomic mass is 32.2. The van der Waals surface area contributed by atoms with E-state index in [9.17, 15) is 0 Å². The van der Waals surface area contributed by atoms with Crippen molar-refractivity contribution in [3.63, 3.8) is 0 Å². The zero-order chi connectivity index (χ0) is 16.2. The fraction of sp³-hybridized carbons (Fsp3) is 0.222. The van der Waals surface area contributed by atoms with Crippen LogP contribution in [0.5, 0.6) is 0 Å². The van der Waals surface area contributed by atoms with Crippen LogP contribution >= 0.6 is 11.8 Å². The molecule has 0 radical (unpaired) electrons. The van der Waals surface area contributed by atoms with Crippen molar-refractivity contribution in [2.24, 2.45) is 0 Å². The summed E-state index contributed by atoms with van der Waals surface area (Å²) in [7, 11) is 0. The van der Waals surface area contributed by atoms with Gasteiger partial charge in [-0.05, 0) is 32.0 Å². The molecule has 4 nitrogen and oxygen atoms in total. The minimum absolute atomic E-state index is 0.866. The molecule has 0 bridgehead atoms. The van der Waals surface area contributed by atoms with Gasteiger partial charge in [0.1, 0.15) is 0 Å². The lowest BCUT2D eigenvalue weighted by molar-refractivity contribution is -0.360. The second-order valence-corrected chi connectivity index (χ2v) is 6.61. The Balaban J connectivity index is 2.12. The molecule has 0 atom stereocenters. The first-order valence-electron chi connectivity index (χ1n) is 7.70. The highest BCUT2D eigenvalue weighted by molar-refractivity contribution is 7.99. The van der Waals surface area contributed by atoms with Crippen LogP contribution in [0, 0.1) is 13.8 Å². The van der Waals surface area contributed by atoms with Gasteiger partial charge in [-0.3, -0.25) is 4.57 Å². The molecule has 0 unspecified atom stereocenters. The van der Waals surface area contributed by atoms with Gasteiger partial charge in [0.2, 0.25) is 0 Å². The maximum atomic E-state index is 4.45. The van der Waals surface area contributed by atoms with Crippen LogP contribution in [0.3, 0.4) is 0 Å². The minimum atomic E-state index is 0.866. The molecule has 0 aliphatic heterocycles. The van der Waals surface area contributed by atoms with E-state index in [1.807, 2.05) is 0 Å². The first-order chi connectivity index (χ1) is 11.2. The molecule has 1 aromatic heterocycles. The number of hydrogen-bond donors (Lipinski definition) is 1. The van der Waals surface area contributed by atoms with E-state index in [0.29, 0.717) is 0 Å². The average Bonchev–Trinajstić information content (AvgIpc) is 2.97. The molecule has 0 spiro atoms. The van der Waals surface area contributed by atoms with Gasteiger partial charge in [-0.2, -0.15) is 0 Å². The normalized spacial score (nSPS) is 10.9. The summed E-state index contributed by atoms with van der Waals surface area (Å²) in [6.45, 7) is 5.05. The van der Waals surface area contributed by atoms with Crippen LogP contribution in [0.15, 0.2) is 53.7 Å². The van der Waals surface area contributed by atoms with Crippen molar-refractivity contribution in [1.29, 1.82) is 0 Å². The molecule has 0 aliphatic rings. The second kappa shape index (κ2) is 6.98. The lowest BCUT2D eigenvalue weighted by atomic mass is 10.1. The number of aromatic nitrogens is 3. The van der Waals surface area contributed by atoms with Crippen molar-refractivity contribution in [3.05, 3.63) is 59.7 Å². The van der Waals surface area contributed by atoms with Gasteiger partial charge < -0.3 is 5.73 Å². The van der Waals surface area contributed by atoms with E-state index in [1.165, 1.54) is 11.1 Å². The summed E-state index contributed by atoms with van der Waals surface area (Å²) in [5.41, 5.74) is 8.54. The monoisotopic (exact) mass is 325 g/mol. The third-order valence-electron chi connectivity index (χ3n) is 3.58. The smallest absolute Gasteiger partial charge is 0.196 e. The van der Waals surface area contributed by atoms with Gasteiger partial charge in [0.05, 0.1) is 12.3 Å². The molecular weight excluding hydrogens is 304 g/mol. The summed E-state index contributed by atoms with van der Waals surface area (Å²) in [5, 5.41) is 9.77. The van der Waals surface area contributed by atoms with E-state index in [0.717, 1.165) is 34.5 Å². The summed E-state index contributed by atoms with van der Waals surface area (Å²) in [6.07, 6.45) is 0. The van der Waals surface area contributed by atoms with E-state index in [4.69, 9.17) is 0 Å². The number of quaternary nitrogens is 1. The number of rotatable bonds is 5. The molecule has 0 saturated carbocycles. The van der Waals surface area contributed by atoms with Crippen LogP contribution in [-0.2, 0) is 0 Å². The molecule has 118 valence electrons. The van der Waals surface area contributed by atoms with Crippen LogP contribution in [0.2, 0.25) is 0 Å². The predicted molar refractivity (Wildman–Crippen MR) is 94.7 cm³/mol. The topological polar surface area (TPSA) is 58.4 Å². The number of aryl methyl sites for hydroxylation is 2. The summed E-state index contributed by atoms with van der Waals surface area (Å²) in [5.74, 6) is 1.81. The van der Waals surface area contributed by atoms with Gasteiger partial charge in [0.15, 0.2) is 11.0 Å². The first-order valence-corrected chi connectivity index (χ1v) is 8.69. The Labute approximate surface area is 140 Å². The molecule has 3 rings (SSSR count). The Bertz CT molecular complexity index is 793. The molecule has 0 aliphatic carbocycles. The van der Waals surface area contributed by atoms with Gasteiger partial charge in [-0.1, -0.05) is 53.2 Å². The lowest BCUT2D eigenvalue weighted by Gasteiger charge is -2.10. The van der Waals surface area contributed by atoms with Crippen LogP contribution in [-0.4, -0.2) is 27.1 Å². The molecule has 5 heteroatoms. The standard InChI is InChI=1S/C18H20N4S/c1-13-6-8-16(9-7-13)22-17(15-5-3-4-14(2)12-15)20-21-18(22)23-11-10-19/h3-9,12H,10-11,19H2,1-2H3/p+1. The highest BCUT2D eigenvalue weighted by Crippen LogP contribution is 2.28. The molecule has 1 heterocycles. The SMILES string of the molecule is Cc1ccc(-n2c(SCC[NH3+])nnc2-c2cccc(C)c2)cc1. The second-order valence-electron chi connectivity index (χ2n) is 5.55. The summed E-state index contributed by atoms with van der Waals surface area (Å²) in [6, 6.07) is 16.8. The zero-order valence-corrected chi connectivity index (χ0v) is 14.3. The lowest BCUT2D eigenvalue weighted by Crippen LogP contribution is -2.51. The molecule has 0 fully saturated rings. The zero-order valence-electron chi connectivity index (χ0n) is 13.5. The van der Waals surface area contributed by atoms with Crippen LogP contribution in [0.4, 0.5) is 0 Å². The van der Waals surface area contributed by atoms with Crippen molar-refractivity contribution < 1.29 is 5.73 Å². The van der Waals surface area contributed by atoms with Gasteiger partial charge >= 0.3 is 0 Å². The van der Waals surface area contributed by atoms with Gasteiger partial charge in [-0.15, -0.1) is 10.2 Å². The minimum Gasteiger partial charge on any atom is -0.357 e. The maximum absolute atomic E-state index is 4.45. The third kappa shape index (κ3) is 3.46. The third-order valence-corrected chi connectivity index (χ3v) is 4.59. The van der Waals surface area contributed by atoms with E-state index in [-0.39, 0.29) is 0 Å². The number of thioether (sulfide) groups is 1. The Morgan fingerprint density at radius 2 is 1.78 bits per heavy atom. The van der Waals surface area contributed by atoms with Gasteiger partial charge in [-0.25, -0.2) is 0 Å². The number of hydrogen-bond acceptors (Lipinski definition) is 3. The molecule has 0 amide bonds. The maximum Gasteiger partial charge on any atom is 0.196 e. The van der Waals surface area contributed by atoms with Crippen LogP contribution in [0.1, 0.15) is 11.1 Å². The quantitative estimate of drug-likeness (QED) is 0.734. The Morgan fingerprint density at radius 3 is 2.48 bits per heavy atom. The molecular formula is C18H21N4S+. The van der Waals surface area contributed by atoms with Crippen molar-refractivity contribution in [2.75, 3.05) is 12.3 Å².